The molecule has 3 aromatic rings. The lowest BCUT2D eigenvalue weighted by Crippen LogP contribution is -2.55. The lowest BCUT2D eigenvalue weighted by Gasteiger charge is -2.53. The minimum Gasteiger partial charge on any atom is -0.496 e. The highest BCUT2D eigenvalue weighted by Crippen LogP contribution is 2.59. The third-order valence-electron chi connectivity index (χ3n) is 9.12. The molecule has 4 aliphatic rings. The van der Waals surface area contributed by atoms with Gasteiger partial charge in [0.1, 0.15) is 33.7 Å². The number of benzene rings is 3. The van der Waals surface area contributed by atoms with E-state index in [1.165, 1.54) is 0 Å². The summed E-state index contributed by atoms with van der Waals surface area (Å²) in [5.41, 5.74) is 1.43. The number of ether oxygens (including phenoxy) is 2. The predicted octanol–water partition coefficient (Wildman–Crippen LogP) is 6.41. The maximum Gasteiger partial charge on any atom is 0.341 e. The first kappa shape index (κ1) is 26.6. The van der Waals surface area contributed by atoms with Gasteiger partial charge >= 0.3 is 11.9 Å². The van der Waals surface area contributed by atoms with E-state index in [-0.39, 0.29) is 23.4 Å². The summed E-state index contributed by atoms with van der Waals surface area (Å²) < 4.78 is 11.4. The molecule has 4 fully saturated rings. The van der Waals surface area contributed by atoms with Crippen LogP contribution in [-0.4, -0.2) is 29.9 Å². The van der Waals surface area contributed by atoms with Gasteiger partial charge in [0, 0.05) is 23.5 Å². The number of carboxylic acid groups (broad SMARTS) is 1. The van der Waals surface area contributed by atoms with Gasteiger partial charge in [-0.25, -0.2) is 4.79 Å². The number of hydrogen-bond donors (Lipinski definition) is 1. The molecule has 40 heavy (non-hydrogen) atoms. The van der Waals surface area contributed by atoms with Gasteiger partial charge in [-0.1, -0.05) is 18.2 Å². The predicted molar refractivity (Wildman–Crippen MR) is 151 cm³/mol. The Bertz CT molecular complexity index is 1480. The number of esters is 1. The third-order valence-corrected chi connectivity index (χ3v) is 11.5. The zero-order chi connectivity index (χ0) is 28.2. The van der Waals surface area contributed by atoms with E-state index < -0.39 is 22.3 Å². The van der Waals surface area contributed by atoms with Gasteiger partial charge in [-0.2, -0.15) is 0 Å². The monoisotopic (exact) mass is 557 g/mol. The molecule has 4 aliphatic carbocycles. The average Bonchev–Trinajstić information content (AvgIpc) is 2.95. The van der Waals surface area contributed by atoms with Gasteiger partial charge in [0.25, 0.3) is 0 Å². The molecule has 0 amide bonds. The first-order valence-corrected chi connectivity index (χ1v) is 15.0. The summed E-state index contributed by atoms with van der Waals surface area (Å²) in [5, 5.41) is 10.2. The van der Waals surface area contributed by atoms with Gasteiger partial charge in [-0.3, -0.25) is 9.59 Å². The van der Waals surface area contributed by atoms with Crippen molar-refractivity contribution in [3.63, 3.8) is 0 Å². The minimum atomic E-state index is -1.01. The largest absolute Gasteiger partial charge is 0.496 e. The standard InChI is InChI=1S/C33H32O6S/c1-19-20(2)30(27(31(35)36)15-28(19)38-3)40(25-7-5-4-6-8-25)26-11-9-24(10-12-26)39-32(37)33-16-21-13-22(17-33)29(34)23(14-21)18-33/h4-12,15,21-23H,13-14,16-18H2,1-3H3/p+1. The van der Waals surface area contributed by atoms with Crippen LogP contribution in [-0.2, 0) is 20.5 Å². The van der Waals surface area contributed by atoms with Gasteiger partial charge < -0.3 is 14.6 Å². The highest BCUT2D eigenvalue weighted by atomic mass is 32.2. The highest BCUT2D eigenvalue weighted by Gasteiger charge is 2.59. The van der Waals surface area contributed by atoms with Crippen molar-refractivity contribution in [3.8, 4) is 11.5 Å². The molecule has 7 rings (SSSR count). The number of hydrogen-bond acceptors (Lipinski definition) is 5. The van der Waals surface area contributed by atoms with Crippen LogP contribution in [0.1, 0.15) is 53.6 Å². The summed E-state index contributed by atoms with van der Waals surface area (Å²) in [5.74, 6) is 0.590. The van der Waals surface area contributed by atoms with Crippen LogP contribution in [0.25, 0.3) is 0 Å². The Morgan fingerprint density at radius 2 is 1.52 bits per heavy atom. The van der Waals surface area contributed by atoms with Crippen molar-refractivity contribution >= 4 is 28.6 Å². The summed E-state index contributed by atoms with van der Waals surface area (Å²) in [7, 11) is 0.820. The zero-order valence-corrected chi connectivity index (χ0v) is 23.8. The molecule has 0 spiro atoms. The van der Waals surface area contributed by atoms with Crippen LogP contribution in [0.4, 0.5) is 0 Å². The summed E-state index contributed by atoms with van der Waals surface area (Å²) in [6.45, 7) is 3.88. The van der Waals surface area contributed by atoms with E-state index in [0.29, 0.717) is 36.0 Å². The Labute approximate surface area is 237 Å². The summed E-state index contributed by atoms with van der Waals surface area (Å²) >= 11 is 0. The molecule has 4 saturated carbocycles. The van der Waals surface area contributed by atoms with Crippen LogP contribution in [0.15, 0.2) is 75.4 Å². The molecular weight excluding hydrogens is 524 g/mol. The molecule has 3 aromatic carbocycles. The van der Waals surface area contributed by atoms with Crippen molar-refractivity contribution < 1.29 is 29.0 Å². The quantitative estimate of drug-likeness (QED) is 0.205. The summed E-state index contributed by atoms with van der Waals surface area (Å²) in [6, 6.07) is 18.9. The molecule has 3 unspecified atom stereocenters. The van der Waals surface area contributed by atoms with E-state index in [9.17, 15) is 19.5 Å². The second-order valence-electron chi connectivity index (χ2n) is 11.5. The first-order valence-electron chi connectivity index (χ1n) is 13.8. The number of carbonyl (C=O) groups excluding carboxylic acids is 2. The first-order chi connectivity index (χ1) is 19.2. The lowest BCUT2D eigenvalue weighted by molar-refractivity contribution is -0.166. The second kappa shape index (κ2) is 10.1. The molecular formula is C33H33O6S+. The van der Waals surface area contributed by atoms with E-state index in [2.05, 4.69) is 0 Å². The van der Waals surface area contributed by atoms with Crippen LogP contribution >= 0.6 is 0 Å². The van der Waals surface area contributed by atoms with Crippen molar-refractivity contribution in [2.75, 3.05) is 7.11 Å². The van der Waals surface area contributed by atoms with Crippen molar-refractivity contribution in [2.45, 2.75) is 60.6 Å². The smallest absolute Gasteiger partial charge is 0.341 e. The molecule has 7 heteroatoms. The molecule has 1 N–H and O–H groups in total. The lowest BCUT2D eigenvalue weighted by atomic mass is 9.49. The SMILES string of the molecule is COc1cc(C(=O)O)c([S+](c2ccccc2)c2ccc(OC(=O)C34CC5CC(C3)C(=O)C(C5)C4)cc2)c(C)c1C. The van der Waals surface area contributed by atoms with Crippen molar-refractivity contribution in [1.29, 1.82) is 0 Å². The third kappa shape index (κ3) is 4.40. The molecule has 3 atom stereocenters. The Balaban J connectivity index is 1.34. The molecule has 0 aliphatic heterocycles. The minimum absolute atomic E-state index is 0.00799. The Morgan fingerprint density at radius 1 is 0.900 bits per heavy atom. The van der Waals surface area contributed by atoms with Gasteiger partial charge in [0.2, 0.25) is 0 Å². The summed E-state index contributed by atoms with van der Waals surface area (Å²) in [4.78, 5) is 41.2. The van der Waals surface area contributed by atoms with E-state index in [4.69, 9.17) is 9.47 Å². The van der Waals surface area contributed by atoms with E-state index >= 15 is 0 Å². The maximum absolute atomic E-state index is 13.5. The Hall–Kier alpha value is -3.58. The molecule has 4 bridgehead atoms. The number of carbonyl (C=O) groups is 3. The van der Waals surface area contributed by atoms with Gasteiger partial charge in [-0.05, 0) is 93.8 Å². The van der Waals surface area contributed by atoms with Crippen LogP contribution in [0.2, 0.25) is 0 Å². The van der Waals surface area contributed by atoms with Crippen molar-refractivity contribution in [1.82, 2.24) is 0 Å². The van der Waals surface area contributed by atoms with E-state index in [1.54, 1.807) is 25.3 Å². The fourth-order valence-corrected chi connectivity index (χ4v) is 9.69. The number of methoxy groups -OCH3 is 1. The Morgan fingerprint density at radius 3 is 2.12 bits per heavy atom. The van der Waals surface area contributed by atoms with Crippen molar-refractivity contribution in [2.24, 2.45) is 23.2 Å². The number of aromatic carboxylic acids is 1. The molecule has 0 saturated heterocycles. The number of Topliss-reactive ketones (excluding diaryl/α,β-unsaturated/α-hetero) is 1. The zero-order valence-electron chi connectivity index (χ0n) is 22.9. The number of carboxylic acids is 1. The maximum atomic E-state index is 13.5. The Kier molecular flexibility index (Phi) is 6.73. The molecule has 206 valence electrons. The molecule has 0 radical (unpaired) electrons. The molecule has 6 nitrogen and oxygen atoms in total. The molecule has 0 heterocycles. The average molecular weight is 558 g/mol. The fourth-order valence-electron chi connectivity index (χ4n) is 7.28. The molecule has 0 aromatic heterocycles. The van der Waals surface area contributed by atoms with Gasteiger partial charge in [0.05, 0.1) is 12.5 Å². The van der Waals surface area contributed by atoms with Gasteiger partial charge in [0.15, 0.2) is 14.7 Å². The van der Waals surface area contributed by atoms with Crippen LogP contribution in [0.3, 0.4) is 0 Å². The van der Waals surface area contributed by atoms with E-state index in [1.807, 2.05) is 56.3 Å². The second-order valence-corrected chi connectivity index (χ2v) is 13.5. The topological polar surface area (TPSA) is 89.9 Å². The highest BCUT2D eigenvalue weighted by molar-refractivity contribution is 7.97. The fraction of sp³-hybridized carbons (Fsp3) is 0.364. The van der Waals surface area contributed by atoms with Crippen molar-refractivity contribution in [3.05, 3.63) is 77.4 Å². The summed E-state index contributed by atoms with van der Waals surface area (Å²) in [6.07, 6.45) is 3.88. The van der Waals surface area contributed by atoms with Crippen LogP contribution in [0, 0.1) is 37.0 Å². The number of rotatable bonds is 7. The van der Waals surface area contributed by atoms with Gasteiger partial charge in [-0.15, -0.1) is 0 Å². The normalized spacial score (nSPS) is 25.5. The number of ketones is 1. The van der Waals surface area contributed by atoms with E-state index in [0.717, 1.165) is 45.1 Å². The van der Waals surface area contributed by atoms with Crippen LogP contribution < -0.4 is 9.47 Å². The van der Waals surface area contributed by atoms with Crippen LogP contribution in [0.5, 0.6) is 11.5 Å².